The summed E-state index contributed by atoms with van der Waals surface area (Å²) in [6, 6.07) is 20.0. The first-order chi connectivity index (χ1) is 20.1. The van der Waals surface area contributed by atoms with Crippen molar-refractivity contribution in [1.82, 2.24) is 20.1 Å². The van der Waals surface area contributed by atoms with Crippen molar-refractivity contribution in [1.29, 1.82) is 0 Å². The van der Waals surface area contributed by atoms with Gasteiger partial charge in [-0.05, 0) is 80.7 Å². The fourth-order valence-corrected chi connectivity index (χ4v) is 5.37. The minimum Gasteiger partial charge on any atom is -0.328 e. The van der Waals surface area contributed by atoms with Gasteiger partial charge in [-0.3, -0.25) is 14.9 Å². The lowest BCUT2D eigenvalue weighted by Gasteiger charge is -2.30. The molecule has 2 aromatic carbocycles. The van der Waals surface area contributed by atoms with E-state index < -0.39 is 11.9 Å². The Kier molecular flexibility index (Phi) is 8.40. The highest BCUT2D eigenvalue weighted by molar-refractivity contribution is 6.01. The number of aromatic nitrogens is 3. The molecule has 0 saturated carbocycles. The molecule has 1 aliphatic heterocycles. The SMILES string of the molecule is Cc1ccc(-n2nc(C(C)(C)C)cc2NC(=O)Nc2ccc(C(C(=O)c3ccc[nH]c3=O)C3CCNCC3)cc2)cc1. The van der Waals surface area contributed by atoms with Crippen molar-refractivity contribution in [3.8, 4) is 5.69 Å². The molecule has 1 saturated heterocycles. The van der Waals surface area contributed by atoms with Gasteiger partial charge in [-0.1, -0.05) is 50.6 Å². The van der Waals surface area contributed by atoms with Gasteiger partial charge < -0.3 is 15.6 Å². The Morgan fingerprint density at radius 2 is 1.67 bits per heavy atom. The van der Waals surface area contributed by atoms with E-state index in [0.29, 0.717) is 11.5 Å². The summed E-state index contributed by atoms with van der Waals surface area (Å²) in [4.78, 5) is 41.8. The maximum atomic E-state index is 13.6. The third-order valence-corrected chi connectivity index (χ3v) is 7.75. The number of piperidine rings is 1. The molecule has 0 spiro atoms. The molecule has 0 aliphatic carbocycles. The van der Waals surface area contributed by atoms with Gasteiger partial charge in [-0.25, -0.2) is 9.48 Å². The van der Waals surface area contributed by atoms with Crippen molar-refractivity contribution in [2.45, 2.75) is 51.9 Å². The van der Waals surface area contributed by atoms with E-state index in [2.05, 4.69) is 41.7 Å². The molecule has 5 rings (SSSR count). The first-order valence-electron chi connectivity index (χ1n) is 14.4. The van der Waals surface area contributed by atoms with E-state index in [9.17, 15) is 14.4 Å². The number of anilines is 2. The number of urea groups is 1. The number of rotatable bonds is 7. The number of H-pyrrole nitrogens is 1. The van der Waals surface area contributed by atoms with Gasteiger partial charge in [-0.15, -0.1) is 0 Å². The van der Waals surface area contributed by atoms with Crippen LogP contribution >= 0.6 is 0 Å². The van der Waals surface area contributed by atoms with Gasteiger partial charge in [0.25, 0.3) is 5.56 Å². The number of nitrogens with zero attached hydrogens (tertiary/aromatic N) is 2. The minimum atomic E-state index is -0.446. The van der Waals surface area contributed by atoms with Crippen LogP contribution in [0.15, 0.2) is 77.7 Å². The normalized spacial score (nSPS) is 14.8. The Morgan fingerprint density at radius 3 is 2.31 bits per heavy atom. The highest BCUT2D eigenvalue weighted by Crippen LogP contribution is 2.34. The molecule has 2 amide bonds. The zero-order valence-electron chi connectivity index (χ0n) is 24.5. The molecule has 0 radical (unpaired) electrons. The molecule has 1 aliphatic rings. The Morgan fingerprint density at radius 1 is 0.976 bits per heavy atom. The van der Waals surface area contributed by atoms with Crippen molar-refractivity contribution in [3.05, 3.63) is 106 Å². The molecule has 0 bridgehead atoms. The van der Waals surface area contributed by atoms with Crippen LogP contribution in [0.25, 0.3) is 5.69 Å². The second kappa shape index (κ2) is 12.2. The number of hydrogen-bond acceptors (Lipinski definition) is 5. The van der Waals surface area contributed by atoms with E-state index in [4.69, 9.17) is 5.10 Å². The summed E-state index contributed by atoms with van der Waals surface area (Å²) in [6.07, 6.45) is 3.21. The Hall–Kier alpha value is -4.50. The van der Waals surface area contributed by atoms with Gasteiger partial charge in [0.05, 0.1) is 22.9 Å². The van der Waals surface area contributed by atoms with Gasteiger partial charge in [0.2, 0.25) is 0 Å². The Labute approximate surface area is 245 Å². The van der Waals surface area contributed by atoms with E-state index in [1.54, 1.807) is 28.9 Å². The number of nitrogens with one attached hydrogen (secondary N) is 4. The van der Waals surface area contributed by atoms with Crippen LogP contribution in [0.5, 0.6) is 0 Å². The van der Waals surface area contributed by atoms with Gasteiger partial charge in [0.1, 0.15) is 5.82 Å². The van der Waals surface area contributed by atoms with Crippen molar-refractivity contribution < 1.29 is 9.59 Å². The van der Waals surface area contributed by atoms with Gasteiger partial charge in [-0.2, -0.15) is 5.10 Å². The van der Waals surface area contributed by atoms with Crippen LogP contribution in [0.2, 0.25) is 0 Å². The number of benzene rings is 2. The van der Waals surface area contributed by atoms with E-state index in [1.165, 1.54) is 6.20 Å². The number of carbonyl (C=O) groups excluding carboxylic acids is 2. The van der Waals surface area contributed by atoms with Crippen molar-refractivity contribution in [3.63, 3.8) is 0 Å². The van der Waals surface area contributed by atoms with Gasteiger partial charge in [0, 0.05) is 23.4 Å². The predicted octanol–water partition coefficient (Wildman–Crippen LogP) is 5.78. The third kappa shape index (κ3) is 6.52. The number of Topliss-reactive ketones (excluding diaryl/α,β-unsaturated/α-hetero) is 1. The summed E-state index contributed by atoms with van der Waals surface area (Å²) in [5.41, 5.74) is 3.84. The van der Waals surface area contributed by atoms with Crippen LogP contribution in [0.1, 0.15) is 66.7 Å². The molecule has 4 aromatic rings. The quantitative estimate of drug-likeness (QED) is 0.212. The smallest absolute Gasteiger partial charge is 0.324 e. The Balaban J connectivity index is 1.36. The maximum absolute atomic E-state index is 13.6. The molecule has 3 heterocycles. The summed E-state index contributed by atoms with van der Waals surface area (Å²) < 4.78 is 1.74. The van der Waals surface area contributed by atoms with E-state index in [0.717, 1.165) is 48.4 Å². The lowest BCUT2D eigenvalue weighted by molar-refractivity contribution is 0.0914. The molecular formula is C33H38N6O3. The monoisotopic (exact) mass is 566 g/mol. The second-order valence-electron chi connectivity index (χ2n) is 12.0. The fourth-order valence-electron chi connectivity index (χ4n) is 5.37. The van der Waals surface area contributed by atoms with Gasteiger partial charge in [0.15, 0.2) is 5.78 Å². The van der Waals surface area contributed by atoms with Crippen LogP contribution in [-0.4, -0.2) is 39.7 Å². The second-order valence-corrected chi connectivity index (χ2v) is 12.0. The largest absolute Gasteiger partial charge is 0.328 e. The van der Waals surface area contributed by atoms with Crippen molar-refractivity contribution >= 4 is 23.3 Å². The number of hydrogen-bond donors (Lipinski definition) is 4. The fraction of sp³-hybridized carbons (Fsp3) is 0.333. The first kappa shape index (κ1) is 29.0. The van der Waals surface area contributed by atoms with Crippen LogP contribution in [0.3, 0.4) is 0 Å². The molecule has 1 fully saturated rings. The topological polar surface area (TPSA) is 121 Å². The minimum absolute atomic E-state index is 0.111. The predicted molar refractivity (Wildman–Crippen MR) is 166 cm³/mol. The summed E-state index contributed by atoms with van der Waals surface area (Å²) in [5.74, 6) is 0.0430. The average molecular weight is 567 g/mol. The number of carbonyl (C=O) groups is 2. The summed E-state index contributed by atoms with van der Waals surface area (Å²) in [7, 11) is 0. The third-order valence-electron chi connectivity index (χ3n) is 7.75. The number of ketones is 1. The lowest BCUT2D eigenvalue weighted by atomic mass is 9.76. The number of aryl methyl sites for hydroxylation is 1. The summed E-state index contributed by atoms with van der Waals surface area (Å²) in [5, 5.41) is 14.0. The zero-order valence-corrected chi connectivity index (χ0v) is 24.5. The van der Waals surface area contributed by atoms with Crippen LogP contribution in [0.4, 0.5) is 16.3 Å². The number of pyridine rings is 1. The number of amides is 2. The number of aromatic amines is 1. The Bertz CT molecular complexity index is 1610. The summed E-state index contributed by atoms with van der Waals surface area (Å²) in [6.45, 7) is 9.92. The van der Waals surface area contributed by atoms with Crippen molar-refractivity contribution in [2.24, 2.45) is 5.92 Å². The van der Waals surface area contributed by atoms with E-state index in [-0.39, 0.29) is 28.2 Å². The highest BCUT2D eigenvalue weighted by atomic mass is 16.2. The van der Waals surface area contributed by atoms with Crippen LogP contribution < -0.4 is 21.5 Å². The molecular weight excluding hydrogens is 528 g/mol. The molecule has 42 heavy (non-hydrogen) atoms. The molecule has 218 valence electrons. The first-order valence-corrected chi connectivity index (χ1v) is 14.4. The van der Waals surface area contributed by atoms with Crippen LogP contribution in [0, 0.1) is 12.8 Å². The average Bonchev–Trinajstić information content (AvgIpc) is 3.39. The van der Waals surface area contributed by atoms with Crippen LogP contribution in [-0.2, 0) is 5.41 Å². The van der Waals surface area contributed by atoms with E-state index in [1.807, 2.05) is 49.4 Å². The van der Waals surface area contributed by atoms with Gasteiger partial charge >= 0.3 is 6.03 Å². The lowest BCUT2D eigenvalue weighted by Crippen LogP contribution is -2.35. The molecule has 4 N–H and O–H groups in total. The maximum Gasteiger partial charge on any atom is 0.324 e. The highest BCUT2D eigenvalue weighted by Gasteiger charge is 2.32. The molecule has 2 aromatic heterocycles. The molecule has 9 heteroatoms. The molecule has 1 atom stereocenters. The molecule has 9 nitrogen and oxygen atoms in total. The molecule has 1 unspecified atom stereocenters. The van der Waals surface area contributed by atoms with Crippen molar-refractivity contribution in [2.75, 3.05) is 23.7 Å². The standard InChI is InChI=1S/C33H38N6O3/c1-21-7-13-25(14-8-21)39-28(20-27(38-39)33(2,3)4)37-32(42)36-24-11-9-22(10-12-24)29(23-15-18-34-19-16-23)30(40)26-6-5-17-35-31(26)41/h5-14,17,20,23,29,34H,15-16,18-19H2,1-4H3,(H,35,41)(H2,36,37,42). The zero-order chi connectivity index (χ0) is 29.9. The summed E-state index contributed by atoms with van der Waals surface area (Å²) >= 11 is 0. The van der Waals surface area contributed by atoms with E-state index >= 15 is 0 Å².